The molecule has 3 heterocycles. The molecule has 130 valence electrons. The minimum Gasteiger partial charge on any atom is -0.341 e. The Balaban J connectivity index is 0.00000169. The molecule has 0 unspecified atom stereocenters. The molecule has 0 aromatic carbocycles. The van der Waals surface area contributed by atoms with E-state index in [9.17, 15) is 0 Å². The highest BCUT2D eigenvalue weighted by Gasteiger charge is 2.36. The lowest BCUT2D eigenvalue weighted by atomic mass is 9.99. The topological polar surface area (TPSA) is 94.0 Å². The number of rotatable bonds is 3. The Hall–Kier alpha value is -1.73. The summed E-state index contributed by atoms with van der Waals surface area (Å²) in [6.45, 7) is 2.01. The van der Waals surface area contributed by atoms with Gasteiger partial charge in [-0.1, -0.05) is 18.0 Å². The van der Waals surface area contributed by atoms with Crippen LogP contribution >= 0.6 is 12.4 Å². The summed E-state index contributed by atoms with van der Waals surface area (Å²) in [4.78, 5) is 15.7. The number of piperidine rings is 1. The summed E-state index contributed by atoms with van der Waals surface area (Å²) in [7, 11) is 0. The van der Waals surface area contributed by atoms with Crippen molar-refractivity contribution in [3.05, 3.63) is 18.1 Å². The van der Waals surface area contributed by atoms with E-state index in [1.807, 2.05) is 6.07 Å². The first-order valence-corrected chi connectivity index (χ1v) is 8.46. The van der Waals surface area contributed by atoms with Crippen molar-refractivity contribution in [2.75, 3.05) is 18.0 Å². The van der Waals surface area contributed by atoms with Crippen molar-refractivity contribution in [3.63, 3.8) is 0 Å². The van der Waals surface area contributed by atoms with Gasteiger partial charge in [-0.2, -0.15) is 4.98 Å². The highest BCUT2D eigenvalue weighted by atomic mass is 35.5. The largest absolute Gasteiger partial charge is 0.341 e. The minimum absolute atomic E-state index is 0. The quantitative estimate of drug-likeness (QED) is 0.909. The molecule has 0 amide bonds. The molecule has 4 rings (SSSR count). The van der Waals surface area contributed by atoms with Crippen LogP contribution in [0.1, 0.15) is 50.8 Å². The molecule has 1 saturated carbocycles. The average molecular weight is 351 g/mol. The van der Waals surface area contributed by atoms with Crippen LogP contribution in [0.25, 0.3) is 11.6 Å². The second-order valence-corrected chi connectivity index (χ2v) is 6.58. The van der Waals surface area contributed by atoms with E-state index in [1.54, 1.807) is 6.20 Å². The summed E-state index contributed by atoms with van der Waals surface area (Å²) in [5.41, 5.74) is 6.62. The monoisotopic (exact) mass is 350 g/mol. The van der Waals surface area contributed by atoms with Crippen LogP contribution in [-0.4, -0.2) is 33.2 Å². The van der Waals surface area contributed by atoms with E-state index in [1.165, 1.54) is 19.3 Å². The fraction of sp³-hybridized carbons (Fsp3) is 0.625. The summed E-state index contributed by atoms with van der Waals surface area (Å²) in [5, 5.41) is 4.10. The molecule has 0 spiro atoms. The van der Waals surface area contributed by atoms with Crippen molar-refractivity contribution in [2.45, 2.75) is 50.5 Å². The average Bonchev–Trinajstić information content (AvgIpc) is 3.26. The van der Waals surface area contributed by atoms with Gasteiger partial charge in [0, 0.05) is 19.3 Å². The lowest BCUT2D eigenvalue weighted by molar-refractivity contribution is 0.372. The van der Waals surface area contributed by atoms with E-state index in [0.717, 1.165) is 44.7 Å². The predicted octanol–water partition coefficient (Wildman–Crippen LogP) is 2.67. The molecule has 2 aliphatic rings. The summed E-state index contributed by atoms with van der Waals surface area (Å²) in [5.74, 6) is 1.77. The molecule has 0 atom stereocenters. The number of aromatic nitrogens is 4. The van der Waals surface area contributed by atoms with Crippen LogP contribution in [0.3, 0.4) is 0 Å². The normalized spacial score (nSPS) is 20.0. The van der Waals surface area contributed by atoms with Crippen molar-refractivity contribution < 1.29 is 4.52 Å². The molecule has 2 N–H and O–H groups in total. The molecule has 1 aliphatic carbocycles. The Morgan fingerprint density at radius 3 is 2.54 bits per heavy atom. The first-order valence-electron chi connectivity index (χ1n) is 8.46. The van der Waals surface area contributed by atoms with Crippen molar-refractivity contribution in [1.82, 2.24) is 20.1 Å². The second-order valence-electron chi connectivity index (χ2n) is 6.58. The van der Waals surface area contributed by atoms with Crippen LogP contribution in [0.5, 0.6) is 0 Å². The van der Waals surface area contributed by atoms with Crippen molar-refractivity contribution in [1.29, 1.82) is 0 Å². The predicted molar refractivity (Wildman–Crippen MR) is 93.0 cm³/mol. The number of hydrogen-bond donors (Lipinski definition) is 1. The van der Waals surface area contributed by atoms with Gasteiger partial charge in [0.05, 0.1) is 5.54 Å². The minimum atomic E-state index is -0.440. The van der Waals surface area contributed by atoms with Gasteiger partial charge in [-0.25, -0.2) is 9.97 Å². The van der Waals surface area contributed by atoms with Crippen LogP contribution in [0, 0.1) is 0 Å². The number of nitrogens with two attached hydrogens (primary N) is 1. The fourth-order valence-electron chi connectivity index (χ4n) is 3.47. The van der Waals surface area contributed by atoms with Gasteiger partial charge >= 0.3 is 0 Å². The van der Waals surface area contributed by atoms with Crippen LogP contribution in [0.4, 0.5) is 5.95 Å². The first-order chi connectivity index (χ1) is 11.2. The molecule has 2 fully saturated rings. The van der Waals surface area contributed by atoms with Gasteiger partial charge in [0.2, 0.25) is 5.95 Å². The molecule has 2 aromatic rings. The second kappa shape index (κ2) is 7.03. The zero-order chi connectivity index (χ0) is 15.7. The van der Waals surface area contributed by atoms with Gasteiger partial charge in [-0.3, -0.25) is 0 Å². The van der Waals surface area contributed by atoms with E-state index >= 15 is 0 Å². The van der Waals surface area contributed by atoms with E-state index < -0.39 is 5.54 Å². The smallest absolute Gasteiger partial charge is 0.276 e. The third kappa shape index (κ3) is 3.23. The van der Waals surface area contributed by atoms with Gasteiger partial charge in [0.25, 0.3) is 5.89 Å². The fourth-order valence-corrected chi connectivity index (χ4v) is 3.47. The van der Waals surface area contributed by atoms with Crippen LogP contribution in [-0.2, 0) is 5.54 Å². The standard InChI is InChI=1S/C16H22N6O.ClH/c17-16(7-2-3-8-16)14-20-13(23-21-14)12-6-9-18-15(19-12)22-10-4-1-5-11-22;/h6,9H,1-5,7-8,10-11,17H2;1H. The Bertz CT molecular complexity index is 679. The van der Waals surface area contributed by atoms with Crippen molar-refractivity contribution in [2.24, 2.45) is 5.73 Å². The molecule has 8 heteroatoms. The molecular weight excluding hydrogens is 328 g/mol. The molecule has 0 radical (unpaired) electrons. The zero-order valence-corrected chi connectivity index (χ0v) is 14.5. The highest BCUT2D eigenvalue weighted by molar-refractivity contribution is 5.85. The summed E-state index contributed by atoms with van der Waals surface area (Å²) >= 11 is 0. The van der Waals surface area contributed by atoms with Crippen LogP contribution < -0.4 is 10.6 Å². The van der Waals surface area contributed by atoms with Crippen LogP contribution in [0.2, 0.25) is 0 Å². The Labute approximate surface area is 147 Å². The molecule has 2 aromatic heterocycles. The van der Waals surface area contributed by atoms with E-state index in [0.29, 0.717) is 17.4 Å². The number of hydrogen-bond acceptors (Lipinski definition) is 7. The maximum absolute atomic E-state index is 6.39. The number of nitrogens with zero attached hydrogens (tertiary/aromatic N) is 5. The van der Waals surface area contributed by atoms with Gasteiger partial charge in [-0.05, 0) is 38.2 Å². The van der Waals surface area contributed by atoms with Gasteiger partial charge in [-0.15, -0.1) is 12.4 Å². The lowest BCUT2D eigenvalue weighted by Gasteiger charge is -2.26. The van der Waals surface area contributed by atoms with Gasteiger partial charge in [0.1, 0.15) is 5.69 Å². The highest BCUT2D eigenvalue weighted by Crippen LogP contribution is 2.35. The first kappa shape index (κ1) is 17.1. The summed E-state index contributed by atoms with van der Waals surface area (Å²) in [6, 6.07) is 1.81. The third-order valence-electron chi connectivity index (χ3n) is 4.87. The maximum Gasteiger partial charge on any atom is 0.276 e. The molecule has 0 bridgehead atoms. The maximum atomic E-state index is 6.39. The van der Waals surface area contributed by atoms with Crippen LogP contribution in [0.15, 0.2) is 16.8 Å². The van der Waals surface area contributed by atoms with Crippen molar-refractivity contribution in [3.8, 4) is 11.6 Å². The van der Waals surface area contributed by atoms with E-state index in [-0.39, 0.29) is 12.4 Å². The molecule has 24 heavy (non-hydrogen) atoms. The van der Waals surface area contributed by atoms with E-state index in [4.69, 9.17) is 10.3 Å². The lowest BCUT2D eigenvalue weighted by Crippen LogP contribution is -2.34. The van der Waals surface area contributed by atoms with Gasteiger partial charge in [0.15, 0.2) is 5.82 Å². The molecule has 1 aliphatic heterocycles. The molecule has 1 saturated heterocycles. The van der Waals surface area contributed by atoms with Crippen molar-refractivity contribution >= 4 is 18.4 Å². The third-order valence-corrected chi connectivity index (χ3v) is 4.87. The summed E-state index contributed by atoms with van der Waals surface area (Å²) < 4.78 is 5.42. The number of halogens is 1. The Morgan fingerprint density at radius 2 is 1.79 bits per heavy atom. The molecule has 7 nitrogen and oxygen atoms in total. The zero-order valence-electron chi connectivity index (χ0n) is 13.6. The van der Waals surface area contributed by atoms with Gasteiger partial charge < -0.3 is 15.2 Å². The Morgan fingerprint density at radius 1 is 1.04 bits per heavy atom. The Kier molecular flexibility index (Phi) is 5.01. The molecular formula is C16H23ClN6O. The summed E-state index contributed by atoms with van der Waals surface area (Å²) in [6.07, 6.45) is 9.47. The number of anilines is 1. The van der Waals surface area contributed by atoms with E-state index in [2.05, 4.69) is 25.0 Å². The SMILES string of the molecule is Cl.NC1(c2noc(-c3ccnc(N4CCCCC4)n3)n2)CCCC1.